The van der Waals surface area contributed by atoms with Gasteiger partial charge >= 0.3 is 5.97 Å². The summed E-state index contributed by atoms with van der Waals surface area (Å²) in [5.41, 5.74) is 4.49. The van der Waals surface area contributed by atoms with Crippen LogP contribution in [0.3, 0.4) is 0 Å². The van der Waals surface area contributed by atoms with E-state index >= 15 is 0 Å². The minimum absolute atomic E-state index is 0.00704. The third-order valence-corrected chi connectivity index (χ3v) is 6.14. The average Bonchev–Trinajstić information content (AvgIpc) is 3.10. The Balaban J connectivity index is 1.94. The van der Waals surface area contributed by atoms with Gasteiger partial charge in [-0.2, -0.15) is 0 Å². The highest BCUT2D eigenvalue weighted by Crippen LogP contribution is 2.47. The standard InChI is InChI=1S/C25H25NO4/c1-15-19(16-8-6-5-7-9-16)14-20(27)24-21(15)22(25(28)30-4)23(26(24)2)17-10-12-18(29-3)13-11-17/h5-13,15,19H,14H2,1-4H3/t15-,19+/m0/s1. The van der Waals surface area contributed by atoms with Crippen LogP contribution in [0.2, 0.25) is 0 Å². The van der Waals surface area contributed by atoms with Crippen LogP contribution in [0, 0.1) is 0 Å². The second-order valence-corrected chi connectivity index (χ2v) is 7.70. The number of methoxy groups -OCH3 is 2. The van der Waals surface area contributed by atoms with Crippen LogP contribution in [0.4, 0.5) is 0 Å². The molecule has 154 valence electrons. The molecule has 1 aromatic heterocycles. The van der Waals surface area contributed by atoms with Gasteiger partial charge in [-0.3, -0.25) is 4.79 Å². The van der Waals surface area contributed by atoms with E-state index in [-0.39, 0.29) is 17.6 Å². The number of Topliss-reactive ketones (excluding diaryl/α,β-unsaturated/α-hetero) is 1. The monoisotopic (exact) mass is 403 g/mol. The Morgan fingerprint density at radius 3 is 2.27 bits per heavy atom. The molecule has 0 unspecified atom stereocenters. The molecule has 0 saturated carbocycles. The van der Waals surface area contributed by atoms with Crippen molar-refractivity contribution in [2.45, 2.75) is 25.2 Å². The van der Waals surface area contributed by atoms with Crippen molar-refractivity contribution < 1.29 is 19.1 Å². The topological polar surface area (TPSA) is 57.5 Å². The molecule has 0 spiro atoms. The molecule has 0 radical (unpaired) electrons. The van der Waals surface area contributed by atoms with Crippen molar-refractivity contribution in [1.29, 1.82) is 0 Å². The lowest BCUT2D eigenvalue weighted by Gasteiger charge is -2.30. The summed E-state index contributed by atoms with van der Waals surface area (Å²) in [6, 6.07) is 17.5. The largest absolute Gasteiger partial charge is 0.497 e. The summed E-state index contributed by atoms with van der Waals surface area (Å²) in [4.78, 5) is 26.2. The number of esters is 1. The van der Waals surface area contributed by atoms with Crippen LogP contribution >= 0.6 is 0 Å². The highest BCUT2D eigenvalue weighted by atomic mass is 16.5. The van der Waals surface area contributed by atoms with Crippen molar-refractivity contribution in [3.05, 3.63) is 77.0 Å². The Hall–Kier alpha value is -3.34. The summed E-state index contributed by atoms with van der Waals surface area (Å²) in [6.07, 6.45) is 0.415. The van der Waals surface area contributed by atoms with Gasteiger partial charge in [-0.05, 0) is 52.8 Å². The Kier molecular flexibility index (Phi) is 5.20. The third kappa shape index (κ3) is 3.11. The number of ketones is 1. The maximum atomic E-state index is 13.3. The summed E-state index contributed by atoms with van der Waals surface area (Å²) in [7, 11) is 4.84. The zero-order valence-corrected chi connectivity index (χ0v) is 17.6. The number of ether oxygens (including phenoxy) is 2. The van der Waals surface area contributed by atoms with Gasteiger partial charge < -0.3 is 14.0 Å². The second-order valence-electron chi connectivity index (χ2n) is 7.70. The van der Waals surface area contributed by atoms with Crippen LogP contribution < -0.4 is 4.74 Å². The predicted octanol–water partition coefficient (Wildman–Crippen LogP) is 4.96. The summed E-state index contributed by atoms with van der Waals surface area (Å²) >= 11 is 0. The van der Waals surface area contributed by atoms with Crippen molar-refractivity contribution in [2.75, 3.05) is 14.2 Å². The maximum absolute atomic E-state index is 13.3. The normalized spacial score (nSPS) is 18.1. The van der Waals surface area contributed by atoms with Gasteiger partial charge in [0, 0.05) is 13.5 Å². The molecule has 2 atom stereocenters. The summed E-state index contributed by atoms with van der Waals surface area (Å²) in [5.74, 6) is 0.356. The van der Waals surface area contributed by atoms with Crippen LogP contribution in [0.15, 0.2) is 54.6 Å². The molecule has 0 saturated heterocycles. The fraction of sp³-hybridized carbons (Fsp3) is 0.280. The van der Waals surface area contributed by atoms with E-state index in [1.165, 1.54) is 7.11 Å². The molecule has 0 amide bonds. The highest BCUT2D eigenvalue weighted by Gasteiger charge is 2.40. The van der Waals surface area contributed by atoms with E-state index in [4.69, 9.17) is 9.47 Å². The zero-order chi connectivity index (χ0) is 21.4. The second kappa shape index (κ2) is 7.82. The molecule has 5 heteroatoms. The van der Waals surface area contributed by atoms with E-state index < -0.39 is 5.97 Å². The molecule has 1 heterocycles. The number of nitrogens with zero attached hydrogens (tertiary/aromatic N) is 1. The van der Waals surface area contributed by atoms with E-state index in [0.717, 1.165) is 22.4 Å². The lowest BCUT2D eigenvalue weighted by molar-refractivity contribution is 0.0600. The number of hydrogen-bond acceptors (Lipinski definition) is 4. The van der Waals surface area contributed by atoms with Gasteiger partial charge in [-0.25, -0.2) is 4.79 Å². The summed E-state index contributed by atoms with van der Waals surface area (Å²) in [6.45, 7) is 2.09. The molecule has 30 heavy (non-hydrogen) atoms. The van der Waals surface area contributed by atoms with Crippen LogP contribution in [0.25, 0.3) is 11.3 Å². The zero-order valence-electron chi connectivity index (χ0n) is 17.6. The highest BCUT2D eigenvalue weighted by molar-refractivity contribution is 6.07. The molecule has 0 N–H and O–H groups in total. The summed E-state index contributed by atoms with van der Waals surface area (Å²) < 4.78 is 12.3. The number of rotatable bonds is 4. The number of fused-ring (bicyclic) bond motifs is 1. The van der Waals surface area contributed by atoms with Crippen LogP contribution in [0.5, 0.6) is 5.75 Å². The first-order chi connectivity index (χ1) is 14.5. The van der Waals surface area contributed by atoms with Crippen molar-refractivity contribution in [2.24, 2.45) is 7.05 Å². The van der Waals surface area contributed by atoms with Gasteiger partial charge in [0.1, 0.15) is 5.75 Å². The van der Waals surface area contributed by atoms with E-state index in [9.17, 15) is 9.59 Å². The fourth-order valence-electron chi connectivity index (χ4n) is 4.66. The maximum Gasteiger partial charge on any atom is 0.340 e. The van der Waals surface area contributed by atoms with Crippen LogP contribution in [-0.4, -0.2) is 30.5 Å². The average molecular weight is 403 g/mol. The molecular weight excluding hydrogens is 378 g/mol. The molecule has 0 fully saturated rings. The number of carbonyl (C=O) groups excluding carboxylic acids is 2. The van der Waals surface area contributed by atoms with Crippen molar-refractivity contribution in [1.82, 2.24) is 4.57 Å². The fourth-order valence-corrected chi connectivity index (χ4v) is 4.66. The Labute approximate surface area is 176 Å². The van der Waals surface area contributed by atoms with Crippen molar-refractivity contribution >= 4 is 11.8 Å². The first kappa shape index (κ1) is 20.0. The lowest BCUT2D eigenvalue weighted by Crippen LogP contribution is -2.24. The number of benzene rings is 2. The van der Waals surface area contributed by atoms with E-state index in [1.807, 2.05) is 66.2 Å². The van der Waals surface area contributed by atoms with Crippen molar-refractivity contribution in [3.8, 4) is 17.0 Å². The molecule has 0 aliphatic heterocycles. The first-order valence-electron chi connectivity index (χ1n) is 10.0. The Morgan fingerprint density at radius 2 is 1.67 bits per heavy atom. The van der Waals surface area contributed by atoms with Gasteiger partial charge in [0.25, 0.3) is 0 Å². The first-order valence-corrected chi connectivity index (χ1v) is 10.0. The molecule has 1 aliphatic rings. The number of carbonyl (C=O) groups is 2. The molecule has 5 nitrogen and oxygen atoms in total. The molecular formula is C25H25NO4. The molecule has 1 aliphatic carbocycles. The third-order valence-electron chi connectivity index (χ3n) is 6.14. The SMILES string of the molecule is COC(=O)c1c2c(n(C)c1-c1ccc(OC)cc1)C(=O)C[C@@H](c1ccccc1)[C@@H]2C. The quantitative estimate of drug-likeness (QED) is 0.578. The van der Waals surface area contributed by atoms with Gasteiger partial charge in [0.15, 0.2) is 5.78 Å². The van der Waals surface area contributed by atoms with E-state index in [2.05, 4.69) is 6.92 Å². The molecule has 2 aromatic carbocycles. The van der Waals surface area contributed by atoms with Gasteiger partial charge in [-0.15, -0.1) is 0 Å². The minimum Gasteiger partial charge on any atom is -0.497 e. The number of aromatic nitrogens is 1. The van der Waals surface area contributed by atoms with Gasteiger partial charge in [0.05, 0.1) is 31.2 Å². The molecule has 4 rings (SSSR count). The molecule has 3 aromatic rings. The summed E-state index contributed by atoms with van der Waals surface area (Å²) in [5, 5.41) is 0. The van der Waals surface area contributed by atoms with Gasteiger partial charge in [0.2, 0.25) is 0 Å². The van der Waals surface area contributed by atoms with Crippen LogP contribution in [-0.2, 0) is 11.8 Å². The Bertz CT molecular complexity index is 1100. The smallest absolute Gasteiger partial charge is 0.340 e. The number of hydrogen-bond donors (Lipinski definition) is 0. The molecule has 0 bridgehead atoms. The van der Waals surface area contributed by atoms with E-state index in [1.54, 1.807) is 7.11 Å². The lowest BCUT2D eigenvalue weighted by atomic mass is 9.73. The van der Waals surface area contributed by atoms with E-state index in [0.29, 0.717) is 23.4 Å². The van der Waals surface area contributed by atoms with Crippen molar-refractivity contribution in [3.63, 3.8) is 0 Å². The van der Waals surface area contributed by atoms with Gasteiger partial charge in [-0.1, -0.05) is 37.3 Å². The minimum atomic E-state index is -0.425. The predicted molar refractivity (Wildman–Crippen MR) is 115 cm³/mol. The van der Waals surface area contributed by atoms with Crippen LogP contribution in [0.1, 0.15) is 57.2 Å². The Morgan fingerprint density at radius 1 is 1.00 bits per heavy atom.